The van der Waals surface area contributed by atoms with Gasteiger partial charge in [0.25, 0.3) is 7.82 Å². The fourth-order valence-corrected chi connectivity index (χ4v) is 3.66. The van der Waals surface area contributed by atoms with Crippen LogP contribution in [0.4, 0.5) is 11.4 Å². The maximum atomic E-state index is 8.77. The van der Waals surface area contributed by atoms with E-state index < -0.39 is 7.82 Å². The molecular weight excluding hydrogens is 413 g/mol. The number of allylic oxidation sites excluding steroid dienone is 1. The minimum absolute atomic E-state index is 0.000698. The molecule has 0 spiro atoms. The van der Waals surface area contributed by atoms with Gasteiger partial charge in [-0.2, -0.15) is 9.84 Å². The van der Waals surface area contributed by atoms with Crippen molar-refractivity contribution in [2.75, 3.05) is 25.5 Å². The van der Waals surface area contributed by atoms with Gasteiger partial charge in [0.2, 0.25) is 5.69 Å². The van der Waals surface area contributed by atoms with Crippen LogP contribution in [0, 0.1) is 11.3 Å². The molecule has 8 heteroatoms. The normalized spacial score (nSPS) is 14.6. The fourth-order valence-electron chi connectivity index (χ4n) is 3.66. The van der Waals surface area contributed by atoms with E-state index in [2.05, 4.69) is 97.1 Å². The summed E-state index contributed by atoms with van der Waals surface area (Å²) in [6, 6.07) is 19.3. The van der Waals surface area contributed by atoms with Crippen LogP contribution in [-0.4, -0.2) is 40.7 Å². The molecule has 1 aliphatic rings. The van der Waals surface area contributed by atoms with Gasteiger partial charge in [-0.05, 0) is 37.6 Å². The summed E-state index contributed by atoms with van der Waals surface area (Å²) in [5.74, 6) is 0. The maximum Gasteiger partial charge on any atom is 0.262 e. The Hall–Kier alpha value is -2.75. The Morgan fingerprint density at radius 2 is 1.74 bits per heavy atom. The van der Waals surface area contributed by atoms with E-state index in [1.807, 2.05) is 7.05 Å². The molecule has 0 atom stereocenters. The Kier molecular flexibility index (Phi) is 7.94. The minimum atomic E-state index is -4.89. The molecule has 0 amide bonds. The van der Waals surface area contributed by atoms with E-state index in [4.69, 9.17) is 24.5 Å². The third-order valence-corrected chi connectivity index (χ3v) is 5.27. The van der Waals surface area contributed by atoms with E-state index in [1.165, 1.54) is 22.5 Å². The second kappa shape index (κ2) is 10.0. The standard InChI is InChI=1S/C23H26N3.H3O4P/c1-23(2)20-8-5-6-9-21(20)26(4)22(23)15-12-18-10-13-19(14-11-18)25(3)17-7-16-24;1-5(2,3)4/h5-6,8-15H,7,17H2,1-4H3;(H3,1,2,3,4)/q+1;/p-1. The molecule has 2 aromatic rings. The van der Waals surface area contributed by atoms with E-state index in [0.717, 1.165) is 12.2 Å². The molecule has 0 saturated heterocycles. The van der Waals surface area contributed by atoms with Crippen LogP contribution < -0.4 is 9.79 Å². The zero-order valence-corrected chi connectivity index (χ0v) is 19.1. The Bertz CT molecular complexity index is 1050. The number of fused-ring (bicyclic) bond motifs is 1. The highest BCUT2D eigenvalue weighted by Gasteiger charge is 2.42. The maximum absolute atomic E-state index is 8.77. The van der Waals surface area contributed by atoms with Gasteiger partial charge in [0, 0.05) is 37.0 Å². The van der Waals surface area contributed by atoms with Crippen molar-refractivity contribution < 1.29 is 23.8 Å². The van der Waals surface area contributed by atoms with Gasteiger partial charge in [-0.15, -0.1) is 0 Å². The molecule has 0 bridgehead atoms. The van der Waals surface area contributed by atoms with Gasteiger partial charge in [-0.3, -0.25) is 4.57 Å². The van der Waals surface area contributed by atoms with Crippen LogP contribution in [0.2, 0.25) is 0 Å². The average molecular weight is 441 g/mol. The molecule has 164 valence electrons. The number of rotatable bonds is 5. The van der Waals surface area contributed by atoms with Crippen LogP contribution in [0.15, 0.2) is 54.6 Å². The summed E-state index contributed by atoms with van der Waals surface area (Å²) in [5, 5.41) is 8.72. The molecule has 2 aromatic carbocycles. The number of phosphoric acid groups is 1. The summed E-state index contributed by atoms with van der Waals surface area (Å²) in [4.78, 5) is 25.0. The van der Waals surface area contributed by atoms with Crippen LogP contribution in [0.1, 0.15) is 31.4 Å². The Morgan fingerprint density at radius 3 is 2.29 bits per heavy atom. The average Bonchev–Trinajstić information content (AvgIpc) is 2.90. The number of para-hydroxylation sites is 1. The first kappa shape index (κ1) is 24.5. The fraction of sp³-hybridized carbons (Fsp3) is 0.304. The predicted molar refractivity (Wildman–Crippen MR) is 121 cm³/mol. The molecule has 0 aromatic heterocycles. The summed E-state index contributed by atoms with van der Waals surface area (Å²) >= 11 is 0. The first-order chi connectivity index (χ1) is 14.4. The van der Waals surface area contributed by atoms with E-state index in [1.54, 1.807) is 0 Å². The minimum Gasteiger partial charge on any atom is -0.756 e. The lowest BCUT2D eigenvalue weighted by atomic mass is 9.81. The first-order valence-corrected chi connectivity index (χ1v) is 11.3. The Balaban J connectivity index is 0.000000614. The zero-order valence-electron chi connectivity index (χ0n) is 18.2. The summed E-state index contributed by atoms with van der Waals surface area (Å²) in [7, 11) is -0.730. The lowest BCUT2D eigenvalue weighted by Crippen LogP contribution is -2.26. The number of hydrogen-bond donors (Lipinski definition) is 2. The van der Waals surface area contributed by atoms with Crippen molar-refractivity contribution in [3.05, 3.63) is 65.7 Å². The van der Waals surface area contributed by atoms with E-state index in [9.17, 15) is 0 Å². The lowest BCUT2D eigenvalue weighted by Gasteiger charge is -2.17. The number of nitriles is 1. The van der Waals surface area contributed by atoms with Crippen LogP contribution in [-0.2, 0) is 9.98 Å². The van der Waals surface area contributed by atoms with Gasteiger partial charge in [-0.25, -0.2) is 0 Å². The van der Waals surface area contributed by atoms with Gasteiger partial charge < -0.3 is 19.6 Å². The SMILES string of the molecule is CN(CCC#N)c1ccc(C=CC2=[N+](C)c3ccccc3C2(C)C)cc1.O=P([O-])(O)O. The largest absolute Gasteiger partial charge is 0.756 e. The van der Waals surface area contributed by atoms with Gasteiger partial charge in [0.05, 0.1) is 17.9 Å². The molecule has 1 aliphatic heterocycles. The van der Waals surface area contributed by atoms with Crippen molar-refractivity contribution in [2.45, 2.75) is 25.7 Å². The molecule has 0 unspecified atom stereocenters. The molecular formula is C23H28N3O4P. The van der Waals surface area contributed by atoms with Crippen molar-refractivity contribution in [3.8, 4) is 6.07 Å². The van der Waals surface area contributed by atoms with Gasteiger partial charge >= 0.3 is 0 Å². The van der Waals surface area contributed by atoms with Crippen molar-refractivity contribution in [2.24, 2.45) is 0 Å². The van der Waals surface area contributed by atoms with Crippen molar-refractivity contribution in [1.29, 1.82) is 5.26 Å². The molecule has 3 rings (SSSR count). The Morgan fingerprint density at radius 1 is 1.16 bits per heavy atom. The van der Waals surface area contributed by atoms with E-state index >= 15 is 0 Å². The highest BCUT2D eigenvalue weighted by Crippen LogP contribution is 2.39. The van der Waals surface area contributed by atoms with Crippen LogP contribution in [0.5, 0.6) is 0 Å². The highest BCUT2D eigenvalue weighted by atomic mass is 31.2. The third-order valence-electron chi connectivity index (χ3n) is 5.27. The second-order valence-electron chi connectivity index (χ2n) is 7.83. The molecule has 0 fully saturated rings. The zero-order chi connectivity index (χ0) is 23.2. The number of benzene rings is 2. The van der Waals surface area contributed by atoms with Crippen LogP contribution in [0.25, 0.3) is 6.08 Å². The molecule has 0 aliphatic carbocycles. The first-order valence-electron chi connectivity index (χ1n) is 9.78. The Labute approximate surface area is 183 Å². The van der Waals surface area contributed by atoms with Crippen LogP contribution in [0.3, 0.4) is 0 Å². The summed E-state index contributed by atoms with van der Waals surface area (Å²) in [6.45, 7) is 5.31. The number of anilines is 1. The number of hydrogen-bond acceptors (Lipinski definition) is 4. The summed E-state index contributed by atoms with van der Waals surface area (Å²) < 4.78 is 11.1. The smallest absolute Gasteiger partial charge is 0.262 e. The lowest BCUT2D eigenvalue weighted by molar-refractivity contribution is -0.401. The van der Waals surface area contributed by atoms with Gasteiger partial charge in [0.15, 0.2) is 5.71 Å². The third kappa shape index (κ3) is 6.61. The predicted octanol–water partition coefficient (Wildman–Crippen LogP) is 3.20. The monoisotopic (exact) mass is 441 g/mol. The van der Waals surface area contributed by atoms with E-state index in [0.29, 0.717) is 6.42 Å². The summed E-state index contributed by atoms with van der Waals surface area (Å²) in [5.41, 5.74) is 6.27. The summed E-state index contributed by atoms with van der Waals surface area (Å²) in [6.07, 6.45) is 4.95. The quantitative estimate of drug-likeness (QED) is 0.545. The number of nitrogens with zero attached hydrogens (tertiary/aromatic N) is 3. The topological polar surface area (TPSA) is 111 Å². The molecule has 0 saturated carbocycles. The second-order valence-corrected chi connectivity index (χ2v) is 8.81. The van der Waals surface area contributed by atoms with Crippen molar-refractivity contribution in [1.82, 2.24) is 0 Å². The molecule has 7 nitrogen and oxygen atoms in total. The molecule has 2 N–H and O–H groups in total. The van der Waals surface area contributed by atoms with Crippen molar-refractivity contribution in [3.63, 3.8) is 0 Å². The van der Waals surface area contributed by atoms with Gasteiger partial charge in [0.1, 0.15) is 7.05 Å². The van der Waals surface area contributed by atoms with Crippen molar-refractivity contribution >= 4 is 31.0 Å². The molecule has 1 heterocycles. The van der Waals surface area contributed by atoms with E-state index in [-0.39, 0.29) is 5.41 Å². The van der Waals surface area contributed by atoms with Crippen LogP contribution >= 0.6 is 7.82 Å². The highest BCUT2D eigenvalue weighted by molar-refractivity contribution is 7.43. The molecule has 0 radical (unpaired) electrons. The molecule has 31 heavy (non-hydrogen) atoms. The van der Waals surface area contributed by atoms with Gasteiger partial charge in [-0.1, -0.05) is 30.3 Å².